The van der Waals surface area contributed by atoms with E-state index in [1.54, 1.807) is 6.07 Å². The van der Waals surface area contributed by atoms with Crippen LogP contribution in [0.15, 0.2) is 40.8 Å². The van der Waals surface area contributed by atoms with Crippen LogP contribution in [0.2, 0.25) is 0 Å². The standard InChI is InChI=1S/C21H25N3O3/c25-20(22-16-7-8-16)13-15-3-5-17(6-4-15)23-21(26)19-10-9-18(27-19)14-24-11-1-2-12-24/h3-6,9-10,16H,1-2,7-8,11-14H2,(H,22,25)(H,23,26). The number of nitrogens with zero attached hydrogens (tertiary/aromatic N) is 1. The molecule has 2 amide bonds. The van der Waals surface area contributed by atoms with Crippen LogP contribution in [0, 0.1) is 0 Å². The molecule has 2 fully saturated rings. The van der Waals surface area contributed by atoms with Crippen molar-refractivity contribution < 1.29 is 14.0 Å². The van der Waals surface area contributed by atoms with Crippen molar-refractivity contribution in [2.75, 3.05) is 18.4 Å². The molecule has 1 aliphatic heterocycles. The van der Waals surface area contributed by atoms with Crippen LogP contribution in [0.5, 0.6) is 0 Å². The molecule has 0 unspecified atom stereocenters. The summed E-state index contributed by atoms with van der Waals surface area (Å²) in [6.45, 7) is 2.94. The zero-order valence-electron chi connectivity index (χ0n) is 15.4. The van der Waals surface area contributed by atoms with E-state index in [2.05, 4.69) is 15.5 Å². The van der Waals surface area contributed by atoms with Crippen LogP contribution < -0.4 is 10.6 Å². The quantitative estimate of drug-likeness (QED) is 0.789. The van der Waals surface area contributed by atoms with Gasteiger partial charge in [0, 0.05) is 11.7 Å². The van der Waals surface area contributed by atoms with Gasteiger partial charge in [0.25, 0.3) is 5.91 Å². The number of carbonyl (C=O) groups excluding carboxylic acids is 2. The van der Waals surface area contributed by atoms with Crippen LogP contribution in [0.1, 0.15) is 47.6 Å². The first-order valence-electron chi connectivity index (χ1n) is 9.66. The molecule has 2 aromatic rings. The van der Waals surface area contributed by atoms with E-state index in [0.29, 0.717) is 23.9 Å². The summed E-state index contributed by atoms with van der Waals surface area (Å²) in [5.41, 5.74) is 1.61. The van der Waals surface area contributed by atoms with Gasteiger partial charge in [0.15, 0.2) is 5.76 Å². The molecule has 2 heterocycles. The molecule has 0 spiro atoms. The molecule has 1 aromatic carbocycles. The maximum atomic E-state index is 12.4. The average molecular weight is 367 g/mol. The summed E-state index contributed by atoms with van der Waals surface area (Å²) in [6, 6.07) is 11.3. The van der Waals surface area contributed by atoms with Crippen LogP contribution in [0.25, 0.3) is 0 Å². The molecule has 142 valence electrons. The second-order valence-electron chi connectivity index (χ2n) is 7.42. The third kappa shape index (κ3) is 4.98. The van der Waals surface area contributed by atoms with Gasteiger partial charge < -0.3 is 15.1 Å². The SMILES string of the molecule is O=C(Cc1ccc(NC(=O)c2ccc(CN3CCCC3)o2)cc1)NC1CC1. The van der Waals surface area contributed by atoms with E-state index < -0.39 is 0 Å². The lowest BCUT2D eigenvalue weighted by Gasteiger charge is -2.11. The van der Waals surface area contributed by atoms with E-state index in [0.717, 1.165) is 43.8 Å². The molecular weight excluding hydrogens is 342 g/mol. The van der Waals surface area contributed by atoms with Gasteiger partial charge in [-0.25, -0.2) is 0 Å². The monoisotopic (exact) mass is 367 g/mol. The van der Waals surface area contributed by atoms with E-state index in [1.807, 2.05) is 30.3 Å². The van der Waals surface area contributed by atoms with Crippen LogP contribution in [-0.2, 0) is 17.8 Å². The van der Waals surface area contributed by atoms with Gasteiger partial charge in [-0.2, -0.15) is 0 Å². The number of amides is 2. The Morgan fingerprint density at radius 3 is 2.48 bits per heavy atom. The summed E-state index contributed by atoms with van der Waals surface area (Å²) in [6.07, 6.45) is 4.99. The molecule has 0 atom stereocenters. The lowest BCUT2D eigenvalue weighted by atomic mass is 10.1. The highest BCUT2D eigenvalue weighted by Gasteiger charge is 2.23. The number of carbonyl (C=O) groups is 2. The van der Waals surface area contributed by atoms with Crippen molar-refractivity contribution in [3.05, 3.63) is 53.5 Å². The Bertz CT molecular complexity index is 802. The largest absolute Gasteiger partial charge is 0.455 e. The normalized spacial score (nSPS) is 17.0. The van der Waals surface area contributed by atoms with Crippen molar-refractivity contribution >= 4 is 17.5 Å². The van der Waals surface area contributed by atoms with E-state index in [4.69, 9.17) is 4.42 Å². The Labute approximate surface area is 158 Å². The fraction of sp³-hybridized carbons (Fsp3) is 0.429. The van der Waals surface area contributed by atoms with E-state index in [9.17, 15) is 9.59 Å². The molecule has 27 heavy (non-hydrogen) atoms. The predicted octanol–water partition coefficient (Wildman–Crippen LogP) is 2.95. The number of anilines is 1. The summed E-state index contributed by atoms with van der Waals surface area (Å²) in [4.78, 5) is 26.5. The van der Waals surface area contributed by atoms with Crippen molar-refractivity contribution in [1.29, 1.82) is 0 Å². The Kier molecular flexibility index (Phi) is 5.25. The number of hydrogen-bond acceptors (Lipinski definition) is 4. The number of nitrogens with one attached hydrogen (secondary N) is 2. The van der Waals surface area contributed by atoms with Gasteiger partial charge in [-0.3, -0.25) is 14.5 Å². The maximum Gasteiger partial charge on any atom is 0.291 e. The van der Waals surface area contributed by atoms with E-state index in [-0.39, 0.29) is 11.8 Å². The van der Waals surface area contributed by atoms with Gasteiger partial charge in [0.1, 0.15) is 5.76 Å². The molecule has 2 N–H and O–H groups in total. The summed E-state index contributed by atoms with van der Waals surface area (Å²) < 4.78 is 5.69. The molecule has 6 nitrogen and oxygen atoms in total. The third-order valence-electron chi connectivity index (χ3n) is 4.98. The molecule has 1 aromatic heterocycles. The minimum atomic E-state index is -0.262. The molecule has 0 radical (unpaired) electrons. The first-order chi connectivity index (χ1) is 13.2. The fourth-order valence-electron chi connectivity index (χ4n) is 3.34. The summed E-state index contributed by atoms with van der Waals surface area (Å²) >= 11 is 0. The highest BCUT2D eigenvalue weighted by Crippen LogP contribution is 2.19. The smallest absolute Gasteiger partial charge is 0.291 e. The molecule has 1 aliphatic carbocycles. The number of rotatable bonds is 7. The molecule has 2 aliphatic rings. The van der Waals surface area contributed by atoms with Crippen LogP contribution in [-0.4, -0.2) is 35.8 Å². The van der Waals surface area contributed by atoms with Crippen molar-refractivity contribution in [3.8, 4) is 0 Å². The van der Waals surface area contributed by atoms with Crippen molar-refractivity contribution in [3.63, 3.8) is 0 Å². The van der Waals surface area contributed by atoms with Gasteiger partial charge in [-0.15, -0.1) is 0 Å². The Balaban J connectivity index is 1.29. The summed E-state index contributed by atoms with van der Waals surface area (Å²) in [5.74, 6) is 0.924. The van der Waals surface area contributed by atoms with Gasteiger partial charge in [0.05, 0.1) is 13.0 Å². The van der Waals surface area contributed by atoms with Crippen molar-refractivity contribution in [2.24, 2.45) is 0 Å². The maximum absolute atomic E-state index is 12.4. The Hall–Kier alpha value is -2.60. The molecule has 0 bridgehead atoms. The highest BCUT2D eigenvalue weighted by atomic mass is 16.4. The molecule has 6 heteroatoms. The second kappa shape index (κ2) is 7.96. The van der Waals surface area contributed by atoms with Gasteiger partial charge in [-0.05, 0) is 68.6 Å². The van der Waals surface area contributed by atoms with Crippen molar-refractivity contribution in [2.45, 2.75) is 44.7 Å². The predicted molar refractivity (Wildman–Crippen MR) is 102 cm³/mol. The second-order valence-corrected chi connectivity index (χ2v) is 7.42. The summed E-state index contributed by atoms with van der Waals surface area (Å²) in [5, 5.41) is 5.82. The van der Waals surface area contributed by atoms with Gasteiger partial charge in [0.2, 0.25) is 5.91 Å². The highest BCUT2D eigenvalue weighted by molar-refractivity contribution is 6.02. The van der Waals surface area contributed by atoms with E-state index in [1.165, 1.54) is 12.8 Å². The molecule has 1 saturated heterocycles. The Morgan fingerprint density at radius 2 is 1.78 bits per heavy atom. The number of furan rings is 1. The number of hydrogen-bond donors (Lipinski definition) is 2. The minimum Gasteiger partial charge on any atom is -0.455 e. The lowest BCUT2D eigenvalue weighted by Crippen LogP contribution is -2.26. The topological polar surface area (TPSA) is 74.6 Å². The van der Waals surface area contributed by atoms with Crippen LogP contribution in [0.3, 0.4) is 0 Å². The van der Waals surface area contributed by atoms with Crippen LogP contribution >= 0.6 is 0 Å². The molecular formula is C21H25N3O3. The Morgan fingerprint density at radius 1 is 1.04 bits per heavy atom. The van der Waals surface area contributed by atoms with E-state index >= 15 is 0 Å². The lowest BCUT2D eigenvalue weighted by molar-refractivity contribution is -0.120. The average Bonchev–Trinajstić information content (AvgIpc) is 3.11. The molecule has 1 saturated carbocycles. The zero-order chi connectivity index (χ0) is 18.6. The van der Waals surface area contributed by atoms with Gasteiger partial charge >= 0.3 is 0 Å². The first kappa shape index (κ1) is 17.8. The van der Waals surface area contributed by atoms with Crippen molar-refractivity contribution in [1.82, 2.24) is 10.2 Å². The number of benzene rings is 1. The number of likely N-dealkylation sites (tertiary alicyclic amines) is 1. The van der Waals surface area contributed by atoms with Crippen LogP contribution in [0.4, 0.5) is 5.69 Å². The zero-order valence-corrected chi connectivity index (χ0v) is 15.4. The fourth-order valence-corrected chi connectivity index (χ4v) is 3.34. The minimum absolute atomic E-state index is 0.0513. The van der Waals surface area contributed by atoms with Gasteiger partial charge in [-0.1, -0.05) is 12.1 Å². The third-order valence-corrected chi connectivity index (χ3v) is 4.98. The summed E-state index contributed by atoms with van der Waals surface area (Å²) in [7, 11) is 0. The first-order valence-corrected chi connectivity index (χ1v) is 9.66. The molecule has 4 rings (SSSR count).